The molecule has 0 aliphatic heterocycles. The molecule has 0 saturated carbocycles. The highest BCUT2D eigenvalue weighted by Gasteiger charge is 1.96. The SMILES string of the molecule is CC(Br)Cc1ccc[nH]1. The van der Waals surface area contributed by atoms with Gasteiger partial charge in [0.15, 0.2) is 0 Å². The van der Waals surface area contributed by atoms with Crippen molar-refractivity contribution in [1.82, 2.24) is 4.98 Å². The maximum absolute atomic E-state index is 3.48. The Balaban J connectivity index is 2.48. The van der Waals surface area contributed by atoms with Gasteiger partial charge in [0, 0.05) is 16.7 Å². The lowest BCUT2D eigenvalue weighted by atomic mass is 10.3. The lowest BCUT2D eigenvalue weighted by Gasteiger charge is -1.97. The Kier molecular flexibility index (Phi) is 2.34. The van der Waals surface area contributed by atoms with E-state index in [1.54, 1.807) is 0 Å². The number of aromatic nitrogens is 1. The molecule has 0 fully saturated rings. The van der Waals surface area contributed by atoms with Crippen LogP contribution >= 0.6 is 15.9 Å². The Morgan fingerprint density at radius 3 is 3.00 bits per heavy atom. The van der Waals surface area contributed by atoms with Gasteiger partial charge in [-0.25, -0.2) is 0 Å². The van der Waals surface area contributed by atoms with Gasteiger partial charge in [0.05, 0.1) is 0 Å². The van der Waals surface area contributed by atoms with E-state index in [1.807, 2.05) is 12.3 Å². The van der Waals surface area contributed by atoms with Gasteiger partial charge in [-0.15, -0.1) is 0 Å². The lowest BCUT2D eigenvalue weighted by Crippen LogP contribution is -1.95. The standard InChI is InChI=1S/C7H10BrN/c1-6(8)5-7-3-2-4-9-7/h2-4,6,9H,5H2,1H3. The quantitative estimate of drug-likeness (QED) is 0.685. The third kappa shape index (κ3) is 2.22. The zero-order valence-electron chi connectivity index (χ0n) is 5.39. The largest absolute Gasteiger partial charge is 0.365 e. The third-order valence-corrected chi connectivity index (χ3v) is 1.49. The van der Waals surface area contributed by atoms with E-state index >= 15 is 0 Å². The summed E-state index contributed by atoms with van der Waals surface area (Å²) >= 11 is 3.48. The molecule has 0 aliphatic rings. The molecule has 2 heteroatoms. The molecule has 1 unspecified atom stereocenters. The van der Waals surface area contributed by atoms with E-state index in [0.717, 1.165) is 6.42 Å². The maximum atomic E-state index is 3.48. The van der Waals surface area contributed by atoms with Crippen LogP contribution in [0.5, 0.6) is 0 Å². The number of aromatic amines is 1. The van der Waals surface area contributed by atoms with Gasteiger partial charge in [-0.05, 0) is 18.6 Å². The molecular formula is C7H10BrN. The normalized spacial score (nSPS) is 13.6. The van der Waals surface area contributed by atoms with Crippen molar-refractivity contribution in [2.75, 3.05) is 0 Å². The van der Waals surface area contributed by atoms with Crippen LogP contribution in [-0.4, -0.2) is 9.81 Å². The molecule has 0 spiro atoms. The minimum absolute atomic E-state index is 0.566. The summed E-state index contributed by atoms with van der Waals surface area (Å²) in [6.45, 7) is 2.14. The summed E-state index contributed by atoms with van der Waals surface area (Å²) in [6.07, 6.45) is 3.03. The number of hydrogen-bond acceptors (Lipinski definition) is 0. The van der Waals surface area contributed by atoms with Crippen LogP contribution in [0, 0.1) is 0 Å². The zero-order chi connectivity index (χ0) is 6.69. The minimum atomic E-state index is 0.566. The summed E-state index contributed by atoms with van der Waals surface area (Å²) < 4.78 is 0. The molecule has 1 rings (SSSR count). The van der Waals surface area contributed by atoms with E-state index in [1.165, 1.54) is 5.69 Å². The molecule has 1 nitrogen and oxygen atoms in total. The van der Waals surface area contributed by atoms with Crippen LogP contribution in [0.25, 0.3) is 0 Å². The van der Waals surface area contributed by atoms with Gasteiger partial charge in [-0.1, -0.05) is 22.9 Å². The average Bonchev–Trinajstić information content (AvgIpc) is 2.15. The third-order valence-electron chi connectivity index (χ3n) is 1.16. The second kappa shape index (κ2) is 3.06. The first-order valence-corrected chi connectivity index (χ1v) is 3.97. The molecular weight excluding hydrogens is 178 g/mol. The second-order valence-electron chi connectivity index (χ2n) is 2.18. The van der Waals surface area contributed by atoms with Crippen LogP contribution in [0.3, 0.4) is 0 Å². The first kappa shape index (κ1) is 6.87. The summed E-state index contributed by atoms with van der Waals surface area (Å²) in [4.78, 5) is 3.70. The van der Waals surface area contributed by atoms with Gasteiger partial charge in [0.25, 0.3) is 0 Å². The molecule has 1 aromatic rings. The summed E-state index contributed by atoms with van der Waals surface area (Å²) in [5.41, 5.74) is 1.29. The number of hydrogen-bond donors (Lipinski definition) is 1. The molecule has 0 bridgehead atoms. The number of rotatable bonds is 2. The van der Waals surface area contributed by atoms with Gasteiger partial charge < -0.3 is 4.98 Å². The second-order valence-corrected chi connectivity index (χ2v) is 3.74. The Hall–Kier alpha value is -0.240. The van der Waals surface area contributed by atoms with Crippen molar-refractivity contribution >= 4 is 15.9 Å². The Morgan fingerprint density at radius 2 is 2.56 bits per heavy atom. The first-order valence-electron chi connectivity index (χ1n) is 3.05. The predicted octanol–water partition coefficient (Wildman–Crippen LogP) is 2.34. The monoisotopic (exact) mass is 187 g/mol. The van der Waals surface area contributed by atoms with Gasteiger partial charge in [-0.3, -0.25) is 0 Å². The van der Waals surface area contributed by atoms with E-state index in [4.69, 9.17) is 0 Å². The Morgan fingerprint density at radius 1 is 1.78 bits per heavy atom. The first-order chi connectivity index (χ1) is 4.29. The fourth-order valence-electron chi connectivity index (χ4n) is 0.798. The molecule has 0 radical (unpaired) electrons. The number of H-pyrrole nitrogens is 1. The maximum Gasteiger partial charge on any atom is 0.0172 e. The Labute approximate surface area is 63.6 Å². The number of halogens is 1. The predicted molar refractivity (Wildman–Crippen MR) is 42.9 cm³/mol. The number of alkyl halides is 1. The molecule has 9 heavy (non-hydrogen) atoms. The van der Waals surface area contributed by atoms with Gasteiger partial charge in [-0.2, -0.15) is 0 Å². The molecule has 0 aromatic carbocycles. The summed E-state index contributed by atoms with van der Waals surface area (Å²) in [5, 5.41) is 0. The summed E-state index contributed by atoms with van der Waals surface area (Å²) in [5.74, 6) is 0. The zero-order valence-corrected chi connectivity index (χ0v) is 6.98. The summed E-state index contributed by atoms with van der Waals surface area (Å²) in [6, 6.07) is 4.11. The lowest BCUT2D eigenvalue weighted by molar-refractivity contribution is 0.926. The van der Waals surface area contributed by atoms with Crippen molar-refractivity contribution in [3.63, 3.8) is 0 Å². The summed E-state index contributed by atoms with van der Waals surface area (Å²) in [7, 11) is 0. The minimum Gasteiger partial charge on any atom is -0.365 e. The van der Waals surface area contributed by atoms with Crippen molar-refractivity contribution < 1.29 is 0 Å². The van der Waals surface area contributed by atoms with Crippen LogP contribution in [0.1, 0.15) is 12.6 Å². The van der Waals surface area contributed by atoms with Crippen molar-refractivity contribution in [3.8, 4) is 0 Å². The van der Waals surface area contributed by atoms with Crippen molar-refractivity contribution in [2.24, 2.45) is 0 Å². The van der Waals surface area contributed by atoms with Crippen molar-refractivity contribution in [1.29, 1.82) is 0 Å². The molecule has 1 atom stereocenters. The molecule has 1 N–H and O–H groups in total. The van der Waals surface area contributed by atoms with E-state index in [9.17, 15) is 0 Å². The van der Waals surface area contributed by atoms with Crippen LogP contribution in [0.2, 0.25) is 0 Å². The van der Waals surface area contributed by atoms with Gasteiger partial charge >= 0.3 is 0 Å². The van der Waals surface area contributed by atoms with Crippen LogP contribution in [-0.2, 0) is 6.42 Å². The Bertz CT molecular complexity index is 155. The fourth-order valence-corrected chi connectivity index (χ4v) is 1.15. The number of nitrogens with one attached hydrogen (secondary N) is 1. The fraction of sp³-hybridized carbons (Fsp3) is 0.429. The van der Waals surface area contributed by atoms with E-state index < -0.39 is 0 Å². The molecule has 1 aromatic heterocycles. The molecule has 0 amide bonds. The highest BCUT2D eigenvalue weighted by molar-refractivity contribution is 9.09. The van der Waals surface area contributed by atoms with Crippen molar-refractivity contribution in [2.45, 2.75) is 18.2 Å². The molecule has 1 heterocycles. The van der Waals surface area contributed by atoms with E-state index in [0.29, 0.717) is 4.83 Å². The molecule has 50 valence electrons. The van der Waals surface area contributed by atoms with Crippen LogP contribution in [0.15, 0.2) is 18.3 Å². The molecule has 0 aliphatic carbocycles. The molecule has 0 saturated heterocycles. The average molecular weight is 188 g/mol. The van der Waals surface area contributed by atoms with Gasteiger partial charge in [0.2, 0.25) is 0 Å². The van der Waals surface area contributed by atoms with E-state index in [2.05, 4.69) is 33.9 Å². The van der Waals surface area contributed by atoms with E-state index in [-0.39, 0.29) is 0 Å². The highest BCUT2D eigenvalue weighted by Crippen LogP contribution is 2.05. The topological polar surface area (TPSA) is 15.8 Å². The van der Waals surface area contributed by atoms with Crippen LogP contribution < -0.4 is 0 Å². The highest BCUT2D eigenvalue weighted by atomic mass is 79.9. The van der Waals surface area contributed by atoms with Crippen molar-refractivity contribution in [3.05, 3.63) is 24.0 Å². The van der Waals surface area contributed by atoms with Crippen LogP contribution in [0.4, 0.5) is 0 Å². The smallest absolute Gasteiger partial charge is 0.0172 e. The van der Waals surface area contributed by atoms with Gasteiger partial charge in [0.1, 0.15) is 0 Å².